The molecule has 1 amide bonds. The Bertz CT molecular complexity index is 1110. The lowest BCUT2D eigenvalue weighted by Gasteiger charge is -2.33. The second-order valence-corrected chi connectivity index (χ2v) is 7.19. The van der Waals surface area contributed by atoms with Crippen molar-refractivity contribution >= 4 is 5.91 Å². The third kappa shape index (κ3) is 4.06. The van der Waals surface area contributed by atoms with Crippen molar-refractivity contribution in [1.82, 2.24) is 19.7 Å². The van der Waals surface area contributed by atoms with Crippen LogP contribution in [0, 0.1) is 0 Å². The predicted octanol–water partition coefficient (Wildman–Crippen LogP) is 2.51. The van der Waals surface area contributed by atoms with E-state index >= 15 is 0 Å². The first-order chi connectivity index (χ1) is 15.5. The molecule has 1 fully saturated rings. The normalized spacial score (nSPS) is 19.1. The molecular weight excluding hydrogens is 426 g/mol. The zero-order valence-electron chi connectivity index (χ0n) is 16.7. The van der Waals surface area contributed by atoms with E-state index in [0.717, 1.165) is 5.69 Å². The van der Waals surface area contributed by atoms with Gasteiger partial charge in [-0.05, 0) is 36.4 Å². The Morgan fingerprint density at radius 3 is 2.81 bits per heavy atom. The van der Waals surface area contributed by atoms with E-state index in [-0.39, 0.29) is 36.3 Å². The molecule has 2 aliphatic heterocycles. The monoisotopic (exact) mass is 444 g/mol. The molecule has 5 rings (SSSR count). The lowest BCUT2D eigenvalue weighted by atomic mass is 10.1. The van der Waals surface area contributed by atoms with Crippen LogP contribution in [-0.2, 0) is 4.74 Å². The van der Waals surface area contributed by atoms with Crippen molar-refractivity contribution in [2.24, 2.45) is 0 Å². The number of benzene rings is 2. The Hall–Kier alpha value is -3.73. The van der Waals surface area contributed by atoms with Gasteiger partial charge in [0.25, 0.3) is 5.91 Å². The van der Waals surface area contributed by atoms with Crippen LogP contribution in [0.1, 0.15) is 10.4 Å². The van der Waals surface area contributed by atoms with E-state index < -0.39 is 12.2 Å². The van der Waals surface area contributed by atoms with Crippen LogP contribution in [-0.4, -0.2) is 64.3 Å². The van der Waals surface area contributed by atoms with Crippen molar-refractivity contribution in [1.29, 1.82) is 0 Å². The van der Waals surface area contributed by atoms with Gasteiger partial charge < -0.3 is 23.8 Å². The first kappa shape index (κ1) is 20.2. The average molecular weight is 444 g/mol. The first-order valence-electron chi connectivity index (χ1n) is 9.86. The molecule has 0 radical (unpaired) electrons. The van der Waals surface area contributed by atoms with Gasteiger partial charge in [0, 0.05) is 6.54 Å². The van der Waals surface area contributed by atoms with Crippen molar-refractivity contribution in [2.75, 3.05) is 26.3 Å². The minimum absolute atomic E-state index is 0.0185. The van der Waals surface area contributed by atoms with Gasteiger partial charge >= 0.3 is 6.29 Å². The van der Waals surface area contributed by atoms with E-state index in [1.165, 1.54) is 29.4 Å². The molecule has 2 aromatic carbocycles. The van der Waals surface area contributed by atoms with Crippen LogP contribution < -0.4 is 14.2 Å². The van der Waals surface area contributed by atoms with Gasteiger partial charge in [-0.1, -0.05) is 6.07 Å². The van der Waals surface area contributed by atoms with Gasteiger partial charge in [0.15, 0.2) is 11.5 Å². The minimum Gasteiger partial charge on any atom is -0.491 e. The summed E-state index contributed by atoms with van der Waals surface area (Å²) >= 11 is 0. The molecule has 9 nitrogen and oxygen atoms in total. The predicted molar refractivity (Wildman–Crippen MR) is 105 cm³/mol. The molecule has 0 spiro atoms. The zero-order chi connectivity index (χ0) is 22.1. The molecule has 0 saturated carbocycles. The number of carbonyl (C=O) groups excluding carboxylic acids is 1. The second-order valence-electron chi connectivity index (χ2n) is 7.19. The summed E-state index contributed by atoms with van der Waals surface area (Å²) in [4.78, 5) is 18.4. The van der Waals surface area contributed by atoms with Crippen LogP contribution in [0.3, 0.4) is 0 Å². The number of aromatic nitrogens is 3. The number of hydrogen-bond acceptors (Lipinski definition) is 7. The number of morpholine rings is 1. The number of rotatable bonds is 5. The van der Waals surface area contributed by atoms with E-state index in [1.807, 2.05) is 12.1 Å². The SMILES string of the molecule is O=C(c1cccc2c1OC(F)(F)O2)N1CCOC(COc2ccc(-n3cncn3)cc2)C1. The number of halogens is 2. The molecule has 0 bridgehead atoms. The second kappa shape index (κ2) is 8.08. The summed E-state index contributed by atoms with van der Waals surface area (Å²) in [6.07, 6.45) is -1.12. The minimum atomic E-state index is -3.79. The number of alkyl halides is 2. The topological polar surface area (TPSA) is 87.9 Å². The van der Waals surface area contributed by atoms with E-state index in [9.17, 15) is 13.6 Å². The number of amides is 1. The first-order valence-corrected chi connectivity index (χ1v) is 9.86. The number of fused-ring (bicyclic) bond motifs is 1. The van der Waals surface area contributed by atoms with Crippen molar-refractivity contribution in [3.63, 3.8) is 0 Å². The summed E-state index contributed by atoms with van der Waals surface area (Å²) in [6, 6.07) is 11.5. The Morgan fingerprint density at radius 2 is 2.03 bits per heavy atom. The molecule has 1 saturated heterocycles. The highest BCUT2D eigenvalue weighted by Gasteiger charge is 2.45. The summed E-state index contributed by atoms with van der Waals surface area (Å²) in [5.41, 5.74) is 0.859. The van der Waals surface area contributed by atoms with Crippen molar-refractivity contribution in [3.8, 4) is 22.9 Å². The van der Waals surface area contributed by atoms with Gasteiger partial charge in [0.05, 0.1) is 24.4 Å². The molecule has 1 aromatic heterocycles. The average Bonchev–Trinajstić information content (AvgIpc) is 3.44. The molecule has 3 heterocycles. The Morgan fingerprint density at radius 1 is 1.19 bits per heavy atom. The van der Waals surface area contributed by atoms with Crippen LogP contribution in [0.25, 0.3) is 5.69 Å². The van der Waals surface area contributed by atoms with Gasteiger partial charge in [0.2, 0.25) is 0 Å². The summed E-state index contributed by atoms with van der Waals surface area (Å²) in [7, 11) is 0. The quantitative estimate of drug-likeness (QED) is 0.598. The van der Waals surface area contributed by atoms with E-state index in [4.69, 9.17) is 9.47 Å². The molecule has 1 atom stereocenters. The van der Waals surface area contributed by atoms with Crippen LogP contribution >= 0.6 is 0 Å². The third-order valence-corrected chi connectivity index (χ3v) is 5.04. The Labute approximate surface area is 181 Å². The van der Waals surface area contributed by atoms with Crippen molar-refractivity contribution in [3.05, 3.63) is 60.7 Å². The smallest absolute Gasteiger partial charge is 0.491 e. The van der Waals surface area contributed by atoms with Gasteiger partial charge in [0.1, 0.15) is 31.1 Å². The maximum Gasteiger partial charge on any atom is 0.586 e. The van der Waals surface area contributed by atoms with Gasteiger partial charge in [-0.25, -0.2) is 9.67 Å². The highest BCUT2D eigenvalue weighted by atomic mass is 19.3. The fraction of sp³-hybridized carbons (Fsp3) is 0.286. The number of carbonyl (C=O) groups is 1. The van der Waals surface area contributed by atoms with Gasteiger partial charge in [-0.2, -0.15) is 5.10 Å². The number of ether oxygens (including phenoxy) is 4. The molecule has 0 N–H and O–H groups in total. The van der Waals surface area contributed by atoms with Crippen LogP contribution in [0.5, 0.6) is 17.2 Å². The van der Waals surface area contributed by atoms with Crippen LogP contribution in [0.2, 0.25) is 0 Å². The van der Waals surface area contributed by atoms with Crippen LogP contribution in [0.15, 0.2) is 55.1 Å². The van der Waals surface area contributed by atoms with Crippen molar-refractivity contribution < 1.29 is 32.5 Å². The molecule has 2 aliphatic rings. The maximum absolute atomic E-state index is 13.4. The van der Waals surface area contributed by atoms with E-state index in [0.29, 0.717) is 18.9 Å². The van der Waals surface area contributed by atoms with Gasteiger partial charge in [-0.15, -0.1) is 8.78 Å². The molecule has 3 aromatic rings. The number of nitrogens with zero attached hydrogens (tertiary/aromatic N) is 4. The summed E-state index contributed by atoms with van der Waals surface area (Å²) in [5.74, 6) is -0.221. The standard InChI is InChI=1S/C21H18F2N4O5/c22-21(23)31-18-3-1-2-17(19(18)32-21)20(28)26-8-9-29-16(10-26)11-30-15-6-4-14(5-7-15)27-13-24-12-25-27/h1-7,12-13,16H,8-11H2. The molecule has 11 heteroatoms. The zero-order valence-corrected chi connectivity index (χ0v) is 16.7. The summed E-state index contributed by atoms with van der Waals surface area (Å²) in [6.45, 7) is 1.09. The number of hydrogen-bond donors (Lipinski definition) is 0. The highest BCUT2D eigenvalue weighted by Crippen LogP contribution is 2.43. The summed E-state index contributed by atoms with van der Waals surface area (Å²) < 4.78 is 49.0. The lowest BCUT2D eigenvalue weighted by Crippen LogP contribution is -2.47. The van der Waals surface area contributed by atoms with E-state index in [2.05, 4.69) is 19.6 Å². The Balaban J connectivity index is 1.21. The Kier molecular flexibility index (Phi) is 5.10. The molecule has 1 unspecified atom stereocenters. The molecule has 32 heavy (non-hydrogen) atoms. The fourth-order valence-corrected chi connectivity index (χ4v) is 3.54. The molecule has 166 valence electrons. The maximum atomic E-state index is 13.4. The fourth-order valence-electron chi connectivity index (χ4n) is 3.54. The highest BCUT2D eigenvalue weighted by molar-refractivity contribution is 5.98. The lowest BCUT2D eigenvalue weighted by molar-refractivity contribution is -0.286. The van der Waals surface area contributed by atoms with E-state index in [1.54, 1.807) is 23.1 Å². The largest absolute Gasteiger partial charge is 0.586 e. The molecule has 0 aliphatic carbocycles. The van der Waals surface area contributed by atoms with Crippen LogP contribution in [0.4, 0.5) is 8.78 Å². The molecular formula is C21H18F2N4O5. The third-order valence-electron chi connectivity index (χ3n) is 5.04. The number of para-hydroxylation sites is 1. The van der Waals surface area contributed by atoms with Gasteiger partial charge in [-0.3, -0.25) is 4.79 Å². The van der Waals surface area contributed by atoms with Crippen molar-refractivity contribution in [2.45, 2.75) is 12.4 Å². The summed E-state index contributed by atoms with van der Waals surface area (Å²) in [5, 5.41) is 4.06.